The average molecular weight is 184 g/mol. The Kier molecular flexibility index (Phi) is 3.37. The van der Waals surface area contributed by atoms with Gasteiger partial charge in [-0.15, -0.1) is 0 Å². The molecule has 0 saturated heterocycles. The summed E-state index contributed by atoms with van der Waals surface area (Å²) in [5.41, 5.74) is 0.477. The van der Waals surface area contributed by atoms with E-state index in [1.807, 2.05) is 13.1 Å². The first kappa shape index (κ1) is 9.35. The van der Waals surface area contributed by atoms with Crippen LogP contribution in [0.2, 0.25) is 0 Å². The van der Waals surface area contributed by atoms with Crippen molar-refractivity contribution in [2.45, 2.75) is 6.92 Å². The van der Waals surface area contributed by atoms with Crippen LogP contribution in [-0.2, 0) is 0 Å². The molecule has 0 aromatic carbocycles. The van der Waals surface area contributed by atoms with Crippen LogP contribution in [-0.4, -0.2) is 24.0 Å². The average Bonchev–Trinajstić information content (AvgIpc) is 2.43. The van der Waals surface area contributed by atoms with E-state index in [9.17, 15) is 0 Å². The first-order valence-electron chi connectivity index (χ1n) is 3.79. The van der Waals surface area contributed by atoms with Crippen molar-refractivity contribution in [1.29, 1.82) is 5.41 Å². The molecular formula is C8H12N2OS. The molecule has 0 spiro atoms. The summed E-state index contributed by atoms with van der Waals surface area (Å²) < 4.78 is 0. The molecule has 0 fully saturated rings. The lowest BCUT2D eigenvalue weighted by Gasteiger charge is -1.98. The number of aliphatic hydroxyl groups is 1. The maximum absolute atomic E-state index is 8.79. The van der Waals surface area contributed by atoms with Crippen molar-refractivity contribution in [1.82, 2.24) is 5.32 Å². The van der Waals surface area contributed by atoms with Gasteiger partial charge in [0, 0.05) is 17.6 Å². The molecule has 1 aliphatic heterocycles. The number of allylic oxidation sites excluding steroid dienone is 2. The van der Waals surface area contributed by atoms with E-state index < -0.39 is 0 Å². The summed E-state index contributed by atoms with van der Waals surface area (Å²) in [4.78, 5) is 1.71. The highest BCUT2D eigenvalue weighted by molar-refractivity contribution is 8.08. The highest BCUT2D eigenvalue weighted by atomic mass is 32.2. The molecule has 0 bridgehead atoms. The van der Waals surface area contributed by atoms with Crippen LogP contribution in [0.1, 0.15) is 6.92 Å². The zero-order valence-electron chi connectivity index (χ0n) is 6.92. The predicted octanol–water partition coefficient (Wildman–Crippen LogP) is 1.08. The van der Waals surface area contributed by atoms with Gasteiger partial charge in [-0.1, -0.05) is 11.8 Å². The summed E-state index contributed by atoms with van der Waals surface area (Å²) in [7, 11) is 0. The molecule has 4 heteroatoms. The molecule has 0 aliphatic carbocycles. The van der Waals surface area contributed by atoms with Gasteiger partial charge in [-0.3, -0.25) is 5.41 Å². The van der Waals surface area contributed by atoms with Gasteiger partial charge in [0.25, 0.3) is 0 Å². The second-order valence-corrected chi connectivity index (χ2v) is 3.52. The molecule has 0 unspecified atom stereocenters. The minimum absolute atomic E-state index is 0.0243. The van der Waals surface area contributed by atoms with Crippen molar-refractivity contribution in [3.05, 3.63) is 22.1 Å². The van der Waals surface area contributed by atoms with Gasteiger partial charge in [0.2, 0.25) is 0 Å². The Morgan fingerprint density at radius 2 is 2.50 bits per heavy atom. The van der Waals surface area contributed by atoms with Crippen molar-refractivity contribution < 1.29 is 5.11 Å². The van der Waals surface area contributed by atoms with Gasteiger partial charge < -0.3 is 10.4 Å². The lowest BCUT2D eigenvalue weighted by molar-refractivity contribution is 0.340. The third kappa shape index (κ3) is 2.12. The summed E-state index contributed by atoms with van der Waals surface area (Å²) in [6.07, 6.45) is 3.50. The van der Waals surface area contributed by atoms with E-state index in [1.165, 1.54) is 11.8 Å². The molecule has 1 rings (SSSR count). The molecule has 3 N–H and O–H groups in total. The Balaban J connectivity index is 2.59. The van der Waals surface area contributed by atoms with Crippen molar-refractivity contribution in [2.24, 2.45) is 0 Å². The number of hydrogen-bond donors (Lipinski definition) is 3. The van der Waals surface area contributed by atoms with Crippen molar-refractivity contribution in [3.8, 4) is 0 Å². The van der Waals surface area contributed by atoms with Crippen LogP contribution >= 0.6 is 11.8 Å². The smallest absolute Gasteiger partial charge is 0.0744 e. The van der Waals surface area contributed by atoms with Crippen LogP contribution in [0.15, 0.2) is 22.1 Å². The van der Waals surface area contributed by atoms with Gasteiger partial charge in [0.15, 0.2) is 0 Å². The molecule has 1 aliphatic rings. The molecule has 0 amide bonds. The quantitative estimate of drug-likeness (QED) is 0.615. The third-order valence-corrected chi connectivity index (χ3v) is 2.47. The van der Waals surface area contributed by atoms with E-state index in [4.69, 9.17) is 10.5 Å². The Hall–Kier alpha value is -0.740. The molecule has 0 saturated carbocycles. The summed E-state index contributed by atoms with van der Waals surface area (Å²) >= 11 is 1.44. The number of nitrogens with one attached hydrogen (secondary N) is 2. The number of thioether (sulfide) groups is 1. The first-order valence-corrected chi connectivity index (χ1v) is 4.61. The fraction of sp³-hybridized carbons (Fsp3) is 0.375. The van der Waals surface area contributed by atoms with Crippen LogP contribution < -0.4 is 5.32 Å². The number of hydrogen-bond acceptors (Lipinski definition) is 4. The highest BCUT2D eigenvalue weighted by Gasteiger charge is 2.14. The van der Waals surface area contributed by atoms with E-state index in [0.29, 0.717) is 5.71 Å². The van der Waals surface area contributed by atoms with Crippen LogP contribution in [0.3, 0.4) is 0 Å². The predicted molar refractivity (Wildman–Crippen MR) is 52.2 cm³/mol. The topological polar surface area (TPSA) is 56.1 Å². The van der Waals surface area contributed by atoms with Crippen LogP contribution in [0, 0.1) is 5.41 Å². The monoisotopic (exact) mass is 184 g/mol. The summed E-state index contributed by atoms with van der Waals surface area (Å²) in [5, 5.41) is 19.3. The molecule has 0 aromatic heterocycles. The summed E-state index contributed by atoms with van der Waals surface area (Å²) in [6, 6.07) is 0. The van der Waals surface area contributed by atoms with Crippen LogP contribution in [0.25, 0.3) is 0 Å². The van der Waals surface area contributed by atoms with Gasteiger partial charge in [-0.25, -0.2) is 0 Å². The number of rotatable bonds is 3. The van der Waals surface area contributed by atoms with Crippen LogP contribution in [0.4, 0.5) is 0 Å². The Bertz CT molecular complexity index is 245. The summed E-state index contributed by atoms with van der Waals surface area (Å²) in [6.45, 7) is 2.88. The van der Waals surface area contributed by atoms with Gasteiger partial charge in [-0.2, -0.15) is 0 Å². The molecule has 0 radical (unpaired) electrons. The second kappa shape index (κ2) is 4.33. The van der Waals surface area contributed by atoms with E-state index in [1.54, 1.807) is 6.08 Å². The summed E-state index contributed by atoms with van der Waals surface area (Å²) in [5.74, 6) is 0. The van der Waals surface area contributed by atoms with Gasteiger partial charge in [-0.05, 0) is 13.0 Å². The van der Waals surface area contributed by atoms with E-state index in [2.05, 4.69) is 5.32 Å². The van der Waals surface area contributed by atoms with E-state index >= 15 is 0 Å². The SMILES string of the molecule is CCN/C=C1/SC(CO)=CC1=N. The standard InChI is InChI=1S/C8H12N2OS/c1-2-10-4-8-7(9)3-6(5-11)12-8/h3-4,9-11H,2,5H2,1H3/b8-4+,9-7?. The molecule has 0 aromatic rings. The van der Waals surface area contributed by atoms with Gasteiger partial charge >= 0.3 is 0 Å². The Morgan fingerprint density at radius 3 is 3.00 bits per heavy atom. The fourth-order valence-corrected chi connectivity index (χ4v) is 1.67. The minimum atomic E-state index is 0.0243. The normalized spacial score (nSPS) is 20.0. The molecule has 0 atom stereocenters. The van der Waals surface area contributed by atoms with Crippen LogP contribution in [0.5, 0.6) is 0 Å². The fourth-order valence-electron chi connectivity index (χ4n) is 0.838. The molecule has 3 nitrogen and oxygen atoms in total. The molecule has 12 heavy (non-hydrogen) atoms. The Labute approximate surface area is 76.1 Å². The number of aliphatic hydroxyl groups excluding tert-OH is 1. The third-order valence-electron chi connectivity index (χ3n) is 1.40. The zero-order chi connectivity index (χ0) is 8.97. The van der Waals surface area contributed by atoms with Gasteiger partial charge in [0.1, 0.15) is 0 Å². The first-order chi connectivity index (χ1) is 5.77. The molecule has 1 heterocycles. The Morgan fingerprint density at radius 1 is 1.75 bits per heavy atom. The largest absolute Gasteiger partial charge is 0.391 e. The van der Waals surface area contributed by atoms with E-state index in [-0.39, 0.29) is 6.61 Å². The van der Waals surface area contributed by atoms with E-state index in [0.717, 1.165) is 16.4 Å². The maximum Gasteiger partial charge on any atom is 0.0744 e. The van der Waals surface area contributed by atoms with Crippen molar-refractivity contribution >= 4 is 17.5 Å². The lowest BCUT2D eigenvalue weighted by atomic mass is 10.3. The highest BCUT2D eigenvalue weighted by Crippen LogP contribution is 2.32. The molecular weight excluding hydrogens is 172 g/mol. The maximum atomic E-state index is 8.79. The minimum Gasteiger partial charge on any atom is -0.391 e. The van der Waals surface area contributed by atoms with Gasteiger partial charge in [0.05, 0.1) is 17.2 Å². The van der Waals surface area contributed by atoms with Crippen molar-refractivity contribution in [2.75, 3.05) is 13.2 Å². The zero-order valence-corrected chi connectivity index (χ0v) is 7.74. The van der Waals surface area contributed by atoms with Crippen molar-refractivity contribution in [3.63, 3.8) is 0 Å². The molecule has 66 valence electrons. The lowest BCUT2D eigenvalue weighted by Crippen LogP contribution is -2.04. The second-order valence-electron chi connectivity index (χ2n) is 2.35.